The van der Waals surface area contributed by atoms with Gasteiger partial charge >= 0.3 is 0 Å². The molecule has 0 atom stereocenters. The van der Waals surface area contributed by atoms with Gasteiger partial charge in [0.25, 0.3) is 0 Å². The van der Waals surface area contributed by atoms with Crippen LogP contribution in [0.3, 0.4) is 0 Å². The number of nitrogens with zero attached hydrogens (tertiary/aromatic N) is 2. The van der Waals surface area contributed by atoms with E-state index in [0.29, 0.717) is 24.0 Å². The fraction of sp³-hybridized carbons (Fsp3) is 0.281. The van der Waals surface area contributed by atoms with Crippen molar-refractivity contribution >= 4 is 28.6 Å². The number of benzene rings is 3. The number of rotatable bonds is 9. The summed E-state index contributed by atoms with van der Waals surface area (Å²) in [5, 5.41) is 20.1. The average molecular weight is 523 g/mol. The Morgan fingerprint density at radius 3 is 1.90 bits per heavy atom. The third-order valence-electron chi connectivity index (χ3n) is 7.35. The molecule has 3 N–H and O–H groups in total. The second-order valence-corrected chi connectivity index (χ2v) is 10.3. The van der Waals surface area contributed by atoms with Crippen molar-refractivity contribution in [3.05, 3.63) is 106 Å². The lowest BCUT2D eigenvalue weighted by Crippen LogP contribution is -2.35. The highest BCUT2D eigenvalue weighted by Gasteiger charge is 2.18. The number of carbonyl (C=O) groups excluding carboxylic acids is 2. The third-order valence-corrected chi connectivity index (χ3v) is 7.35. The van der Waals surface area contributed by atoms with Gasteiger partial charge in [0.2, 0.25) is 0 Å². The van der Waals surface area contributed by atoms with E-state index >= 15 is 0 Å². The van der Waals surface area contributed by atoms with Crippen LogP contribution >= 0.6 is 0 Å². The number of hydrogen-bond acceptors (Lipinski definition) is 6. The molecule has 0 amide bonds. The maximum absolute atomic E-state index is 12.8. The second-order valence-electron chi connectivity index (χ2n) is 10.3. The first-order chi connectivity index (χ1) is 18.9. The third kappa shape index (κ3) is 6.44. The largest absolute Gasteiger partial charge is 0.393 e. The highest BCUT2D eigenvalue weighted by Crippen LogP contribution is 2.23. The molecular formula is C32H34N4O3. The summed E-state index contributed by atoms with van der Waals surface area (Å²) in [6.07, 6.45) is 2.03. The van der Waals surface area contributed by atoms with Crippen molar-refractivity contribution in [2.45, 2.75) is 45.6 Å². The van der Waals surface area contributed by atoms with Crippen LogP contribution in [-0.4, -0.2) is 46.1 Å². The van der Waals surface area contributed by atoms with Gasteiger partial charge in [0.05, 0.1) is 17.4 Å². The average Bonchev–Trinajstić information content (AvgIpc) is 3.29. The number of aromatic nitrogens is 2. The molecule has 0 saturated carbocycles. The molecule has 3 aromatic carbocycles. The van der Waals surface area contributed by atoms with E-state index in [2.05, 4.69) is 20.4 Å². The molecule has 0 unspecified atom stereocenters. The van der Waals surface area contributed by atoms with Gasteiger partial charge in [-0.1, -0.05) is 24.3 Å². The van der Waals surface area contributed by atoms with Gasteiger partial charge in [-0.2, -0.15) is 5.10 Å². The van der Waals surface area contributed by atoms with Crippen LogP contribution in [0.5, 0.6) is 0 Å². The SMILES string of the molecule is Cc1n[nH]c(C)c1C(=O)Cc1ccc(Nc2ccc(CC(=O)c3ccc(N4CCC(O)CC4)cc3)cc2)cc1. The van der Waals surface area contributed by atoms with E-state index < -0.39 is 0 Å². The quantitative estimate of drug-likeness (QED) is 0.248. The summed E-state index contributed by atoms with van der Waals surface area (Å²) < 4.78 is 0. The molecule has 0 bridgehead atoms. The van der Waals surface area contributed by atoms with Crippen LogP contribution in [0.15, 0.2) is 72.8 Å². The second kappa shape index (κ2) is 11.7. The number of aliphatic hydroxyl groups is 1. The lowest BCUT2D eigenvalue weighted by atomic mass is 10.0. The van der Waals surface area contributed by atoms with Crippen molar-refractivity contribution < 1.29 is 14.7 Å². The van der Waals surface area contributed by atoms with Gasteiger partial charge in [-0.25, -0.2) is 0 Å². The number of piperidine rings is 1. The fourth-order valence-electron chi connectivity index (χ4n) is 5.08. The highest BCUT2D eigenvalue weighted by atomic mass is 16.3. The topological polar surface area (TPSA) is 98.3 Å². The number of ketones is 2. The predicted octanol–water partition coefficient (Wildman–Crippen LogP) is 5.58. The van der Waals surface area contributed by atoms with Crippen LogP contribution in [0.4, 0.5) is 17.1 Å². The number of aliphatic hydroxyl groups excluding tert-OH is 1. The van der Waals surface area contributed by atoms with Gasteiger partial charge in [-0.15, -0.1) is 0 Å². The minimum absolute atomic E-state index is 0.0586. The number of nitrogens with one attached hydrogen (secondary N) is 2. The monoisotopic (exact) mass is 522 g/mol. The summed E-state index contributed by atoms with van der Waals surface area (Å²) in [4.78, 5) is 27.8. The Hall–Kier alpha value is -4.23. The molecule has 4 aromatic rings. The Kier molecular flexibility index (Phi) is 7.89. The molecule has 1 aromatic heterocycles. The fourth-order valence-corrected chi connectivity index (χ4v) is 5.08. The van der Waals surface area contributed by atoms with E-state index in [-0.39, 0.29) is 17.7 Å². The summed E-state index contributed by atoms with van der Waals surface area (Å²) >= 11 is 0. The molecule has 200 valence electrons. The highest BCUT2D eigenvalue weighted by molar-refractivity contribution is 5.99. The summed E-state index contributed by atoms with van der Waals surface area (Å²) in [6, 6.07) is 23.5. The van der Waals surface area contributed by atoms with Crippen LogP contribution in [0, 0.1) is 13.8 Å². The van der Waals surface area contributed by atoms with Gasteiger partial charge in [0.1, 0.15) is 0 Å². The summed E-state index contributed by atoms with van der Waals surface area (Å²) in [6.45, 7) is 5.38. The molecule has 1 aliphatic heterocycles. The molecule has 7 heteroatoms. The molecular weight excluding hydrogens is 488 g/mol. The lowest BCUT2D eigenvalue weighted by molar-refractivity contribution is 0.0984. The molecule has 39 heavy (non-hydrogen) atoms. The standard InChI is InChI=1S/C32H34N4O3/c1-21-32(22(2)35-34-21)31(39)20-24-5-11-27(12-6-24)33-26-9-3-23(4-10-26)19-30(38)25-7-13-28(14-8-25)36-17-15-29(37)16-18-36/h3-14,29,33,37H,15-20H2,1-2H3,(H,34,35). The van der Waals surface area contributed by atoms with Gasteiger partial charge < -0.3 is 15.3 Å². The maximum atomic E-state index is 12.8. The Morgan fingerprint density at radius 2 is 1.38 bits per heavy atom. The van der Waals surface area contributed by atoms with E-state index in [4.69, 9.17) is 0 Å². The number of aryl methyl sites for hydroxylation is 2. The number of aromatic amines is 1. The van der Waals surface area contributed by atoms with Gasteiger partial charge in [0.15, 0.2) is 11.6 Å². The first-order valence-corrected chi connectivity index (χ1v) is 13.4. The Labute approximate surface area is 228 Å². The van der Waals surface area contributed by atoms with Crippen molar-refractivity contribution in [2.24, 2.45) is 0 Å². The Balaban J connectivity index is 1.14. The minimum Gasteiger partial charge on any atom is -0.393 e. The summed E-state index contributed by atoms with van der Waals surface area (Å²) in [7, 11) is 0. The van der Waals surface area contributed by atoms with Crippen LogP contribution < -0.4 is 10.2 Å². The van der Waals surface area contributed by atoms with Crippen molar-refractivity contribution in [3.8, 4) is 0 Å². The maximum Gasteiger partial charge on any atom is 0.170 e. The zero-order chi connectivity index (χ0) is 27.4. The molecule has 7 nitrogen and oxygen atoms in total. The Bertz CT molecular complexity index is 1410. The van der Waals surface area contributed by atoms with Gasteiger partial charge in [-0.3, -0.25) is 14.7 Å². The molecule has 1 aliphatic rings. The van der Waals surface area contributed by atoms with Crippen LogP contribution in [0.1, 0.15) is 56.1 Å². The van der Waals surface area contributed by atoms with E-state index in [9.17, 15) is 14.7 Å². The van der Waals surface area contributed by atoms with Crippen molar-refractivity contribution in [1.29, 1.82) is 0 Å². The summed E-state index contributed by atoms with van der Waals surface area (Å²) in [5.41, 5.74) is 7.76. The minimum atomic E-state index is -0.200. The normalized spacial score (nSPS) is 13.9. The molecule has 0 aliphatic carbocycles. The molecule has 5 rings (SSSR count). The molecule has 1 fully saturated rings. The molecule has 0 radical (unpaired) electrons. The van der Waals surface area contributed by atoms with E-state index in [1.807, 2.05) is 86.6 Å². The van der Waals surface area contributed by atoms with Crippen LogP contribution in [0.25, 0.3) is 0 Å². The number of hydrogen-bond donors (Lipinski definition) is 3. The zero-order valence-corrected chi connectivity index (χ0v) is 22.4. The van der Waals surface area contributed by atoms with Crippen LogP contribution in [-0.2, 0) is 12.8 Å². The van der Waals surface area contributed by atoms with E-state index in [0.717, 1.165) is 65.5 Å². The van der Waals surface area contributed by atoms with Crippen molar-refractivity contribution in [3.63, 3.8) is 0 Å². The van der Waals surface area contributed by atoms with Gasteiger partial charge in [-0.05, 0) is 86.3 Å². The smallest absolute Gasteiger partial charge is 0.170 e. The first kappa shape index (κ1) is 26.4. The predicted molar refractivity (Wildman–Crippen MR) is 154 cm³/mol. The van der Waals surface area contributed by atoms with Crippen molar-refractivity contribution in [1.82, 2.24) is 10.2 Å². The van der Waals surface area contributed by atoms with Crippen molar-refractivity contribution in [2.75, 3.05) is 23.3 Å². The number of Topliss-reactive ketones (excluding diaryl/α,β-unsaturated/α-hetero) is 2. The number of carbonyl (C=O) groups is 2. The Morgan fingerprint density at radius 1 is 0.846 bits per heavy atom. The first-order valence-electron chi connectivity index (χ1n) is 13.4. The number of H-pyrrole nitrogens is 1. The number of anilines is 3. The summed E-state index contributed by atoms with van der Waals surface area (Å²) in [5.74, 6) is 0.144. The zero-order valence-electron chi connectivity index (χ0n) is 22.4. The molecule has 2 heterocycles. The molecule has 1 saturated heterocycles. The molecule has 0 spiro atoms. The van der Waals surface area contributed by atoms with E-state index in [1.165, 1.54) is 0 Å². The van der Waals surface area contributed by atoms with Gasteiger partial charge in [0, 0.05) is 54.3 Å². The van der Waals surface area contributed by atoms with Crippen LogP contribution in [0.2, 0.25) is 0 Å². The van der Waals surface area contributed by atoms with E-state index in [1.54, 1.807) is 0 Å². The lowest BCUT2D eigenvalue weighted by Gasteiger charge is -2.31.